The predicted molar refractivity (Wildman–Crippen MR) is 126 cm³/mol. The molecule has 0 fully saturated rings. The molecular formula is C24H30N6O2. The Kier molecular flexibility index (Phi) is 5.62. The van der Waals surface area contributed by atoms with Crippen molar-refractivity contribution in [2.75, 3.05) is 10.6 Å². The second-order valence-corrected chi connectivity index (χ2v) is 9.48. The number of nitrogens with zero attached hydrogens (tertiary/aromatic N) is 3. The Labute approximate surface area is 187 Å². The zero-order valence-corrected chi connectivity index (χ0v) is 19.3. The lowest BCUT2D eigenvalue weighted by atomic mass is 9.92. The first kappa shape index (κ1) is 21.8. The first-order valence-corrected chi connectivity index (χ1v) is 11.0. The molecule has 3 aromatic rings. The summed E-state index contributed by atoms with van der Waals surface area (Å²) in [7, 11) is 0. The van der Waals surface area contributed by atoms with Crippen LogP contribution in [0.2, 0.25) is 0 Å². The quantitative estimate of drug-likeness (QED) is 0.568. The molecule has 0 atom stereocenters. The van der Waals surface area contributed by atoms with Crippen molar-refractivity contribution in [3.63, 3.8) is 0 Å². The lowest BCUT2D eigenvalue weighted by Crippen LogP contribution is -2.26. The van der Waals surface area contributed by atoms with Crippen LogP contribution in [0.15, 0.2) is 29.1 Å². The Balaban J connectivity index is 1.68. The normalized spacial score (nSPS) is 13.5. The van der Waals surface area contributed by atoms with E-state index >= 15 is 0 Å². The molecule has 8 nitrogen and oxygen atoms in total. The molecule has 0 aliphatic heterocycles. The van der Waals surface area contributed by atoms with E-state index in [2.05, 4.69) is 25.7 Å². The number of fused-ring (bicyclic) bond motifs is 1. The first-order chi connectivity index (χ1) is 15.1. The van der Waals surface area contributed by atoms with Gasteiger partial charge in [-0.1, -0.05) is 26.8 Å². The molecule has 3 N–H and O–H groups in total. The SMILES string of the molecule is Cc1ccc(NC(=O)Nc2cc(C(C)(C)C)nn2-c2nc3c(c(=O)[nH]2)CCCC3)cc1C. The van der Waals surface area contributed by atoms with Crippen molar-refractivity contribution in [3.05, 3.63) is 62.7 Å². The van der Waals surface area contributed by atoms with Crippen molar-refractivity contribution < 1.29 is 4.79 Å². The van der Waals surface area contributed by atoms with Crippen LogP contribution in [0.25, 0.3) is 5.95 Å². The minimum absolute atomic E-state index is 0.136. The van der Waals surface area contributed by atoms with E-state index in [1.165, 1.54) is 4.68 Å². The van der Waals surface area contributed by atoms with Crippen molar-refractivity contribution in [3.8, 4) is 5.95 Å². The molecule has 0 unspecified atom stereocenters. The molecule has 0 spiro atoms. The molecule has 1 aliphatic rings. The number of urea groups is 1. The molecule has 0 radical (unpaired) electrons. The molecule has 0 bridgehead atoms. The fraction of sp³-hybridized carbons (Fsp3) is 0.417. The van der Waals surface area contributed by atoms with Gasteiger partial charge in [0, 0.05) is 22.7 Å². The fourth-order valence-corrected chi connectivity index (χ4v) is 3.79. The van der Waals surface area contributed by atoms with E-state index in [-0.39, 0.29) is 11.0 Å². The van der Waals surface area contributed by atoms with Gasteiger partial charge in [-0.25, -0.2) is 9.78 Å². The summed E-state index contributed by atoms with van der Waals surface area (Å²) >= 11 is 0. The largest absolute Gasteiger partial charge is 0.324 e. The molecule has 2 amide bonds. The summed E-state index contributed by atoms with van der Waals surface area (Å²) in [6.07, 6.45) is 3.53. The maximum absolute atomic E-state index is 12.8. The Bertz CT molecular complexity index is 1230. The number of aromatic nitrogens is 4. The van der Waals surface area contributed by atoms with Gasteiger partial charge in [-0.2, -0.15) is 9.78 Å². The Morgan fingerprint density at radius 3 is 2.53 bits per heavy atom. The van der Waals surface area contributed by atoms with Crippen molar-refractivity contribution >= 4 is 17.5 Å². The van der Waals surface area contributed by atoms with Crippen LogP contribution in [0.1, 0.15) is 61.7 Å². The molecule has 4 rings (SSSR count). The van der Waals surface area contributed by atoms with Crippen molar-refractivity contribution in [1.82, 2.24) is 19.7 Å². The number of aromatic amines is 1. The van der Waals surface area contributed by atoms with E-state index in [9.17, 15) is 9.59 Å². The van der Waals surface area contributed by atoms with Crippen LogP contribution < -0.4 is 16.2 Å². The highest BCUT2D eigenvalue weighted by atomic mass is 16.2. The number of carbonyl (C=O) groups excluding carboxylic acids is 1. The zero-order valence-electron chi connectivity index (χ0n) is 19.3. The number of nitrogens with one attached hydrogen (secondary N) is 3. The van der Waals surface area contributed by atoms with Gasteiger partial charge >= 0.3 is 6.03 Å². The van der Waals surface area contributed by atoms with E-state index in [0.717, 1.165) is 53.8 Å². The minimum atomic E-state index is -0.393. The van der Waals surface area contributed by atoms with Crippen LogP contribution >= 0.6 is 0 Å². The highest BCUT2D eigenvalue weighted by Gasteiger charge is 2.24. The molecule has 168 valence electrons. The molecule has 2 aromatic heterocycles. The molecule has 32 heavy (non-hydrogen) atoms. The average Bonchev–Trinajstić information content (AvgIpc) is 3.15. The number of benzene rings is 1. The van der Waals surface area contributed by atoms with Gasteiger partial charge < -0.3 is 5.32 Å². The number of anilines is 2. The van der Waals surface area contributed by atoms with Gasteiger partial charge in [0.25, 0.3) is 5.56 Å². The van der Waals surface area contributed by atoms with Crippen LogP contribution in [-0.2, 0) is 18.3 Å². The molecule has 8 heteroatoms. The van der Waals surface area contributed by atoms with Crippen LogP contribution in [0.4, 0.5) is 16.3 Å². The van der Waals surface area contributed by atoms with Crippen molar-refractivity contribution in [1.29, 1.82) is 0 Å². The minimum Gasteiger partial charge on any atom is -0.308 e. The van der Waals surface area contributed by atoms with Crippen LogP contribution in [-0.4, -0.2) is 25.8 Å². The Morgan fingerprint density at radius 1 is 1.06 bits per heavy atom. The van der Waals surface area contributed by atoms with Gasteiger partial charge in [0.2, 0.25) is 5.95 Å². The molecular weight excluding hydrogens is 404 g/mol. The highest BCUT2D eigenvalue weighted by molar-refractivity contribution is 5.99. The van der Waals surface area contributed by atoms with Gasteiger partial charge in [-0.05, 0) is 62.8 Å². The summed E-state index contributed by atoms with van der Waals surface area (Å²) in [4.78, 5) is 33.0. The standard InChI is InChI=1S/C24H30N6O2/c1-14-10-11-16(12-15(14)2)25-23(32)27-20-13-19(24(3,4)5)29-30(20)22-26-18-9-7-6-8-17(18)21(31)28-22/h10-13H,6-9H2,1-5H3,(H2,25,27,32)(H,26,28,31). The fourth-order valence-electron chi connectivity index (χ4n) is 3.79. The maximum atomic E-state index is 12.8. The van der Waals surface area contributed by atoms with E-state index in [1.807, 2.05) is 58.9 Å². The lowest BCUT2D eigenvalue weighted by Gasteiger charge is -2.16. The van der Waals surface area contributed by atoms with Gasteiger partial charge in [0.05, 0.1) is 11.4 Å². The third-order valence-electron chi connectivity index (χ3n) is 5.86. The lowest BCUT2D eigenvalue weighted by molar-refractivity contribution is 0.262. The van der Waals surface area contributed by atoms with E-state index < -0.39 is 6.03 Å². The van der Waals surface area contributed by atoms with E-state index in [1.54, 1.807) is 0 Å². The van der Waals surface area contributed by atoms with Gasteiger partial charge in [-0.3, -0.25) is 15.1 Å². The van der Waals surface area contributed by atoms with Crippen LogP contribution in [0.5, 0.6) is 0 Å². The topological polar surface area (TPSA) is 105 Å². The Morgan fingerprint density at radius 2 is 1.81 bits per heavy atom. The molecule has 0 saturated heterocycles. The average molecular weight is 435 g/mol. The summed E-state index contributed by atoms with van der Waals surface area (Å²) in [5.41, 5.74) is 4.92. The third-order valence-corrected chi connectivity index (χ3v) is 5.86. The smallest absolute Gasteiger partial charge is 0.308 e. The number of hydrogen-bond acceptors (Lipinski definition) is 4. The predicted octanol–water partition coefficient (Wildman–Crippen LogP) is 4.39. The molecule has 1 aromatic carbocycles. The van der Waals surface area contributed by atoms with Crippen molar-refractivity contribution in [2.45, 2.75) is 65.7 Å². The van der Waals surface area contributed by atoms with Crippen LogP contribution in [0, 0.1) is 13.8 Å². The highest BCUT2D eigenvalue weighted by Crippen LogP contribution is 2.26. The summed E-state index contributed by atoms with van der Waals surface area (Å²) in [6.45, 7) is 10.2. The number of hydrogen-bond donors (Lipinski definition) is 3. The van der Waals surface area contributed by atoms with E-state index in [4.69, 9.17) is 0 Å². The van der Waals surface area contributed by atoms with Gasteiger partial charge in [-0.15, -0.1) is 0 Å². The van der Waals surface area contributed by atoms with Crippen LogP contribution in [0.3, 0.4) is 0 Å². The third kappa shape index (κ3) is 4.44. The number of aryl methyl sites for hydroxylation is 3. The number of amides is 2. The van der Waals surface area contributed by atoms with E-state index in [0.29, 0.717) is 17.5 Å². The van der Waals surface area contributed by atoms with Gasteiger partial charge in [0.15, 0.2) is 0 Å². The zero-order chi connectivity index (χ0) is 23.0. The number of rotatable bonds is 3. The van der Waals surface area contributed by atoms with Crippen molar-refractivity contribution in [2.24, 2.45) is 0 Å². The number of H-pyrrole nitrogens is 1. The summed E-state index contributed by atoms with van der Waals surface area (Å²) in [5, 5.41) is 10.4. The summed E-state index contributed by atoms with van der Waals surface area (Å²) < 4.78 is 1.51. The summed E-state index contributed by atoms with van der Waals surface area (Å²) in [6, 6.07) is 7.18. The molecule has 1 aliphatic carbocycles. The van der Waals surface area contributed by atoms with Gasteiger partial charge in [0.1, 0.15) is 5.82 Å². The Hall–Kier alpha value is -3.42. The monoisotopic (exact) mass is 434 g/mol. The first-order valence-electron chi connectivity index (χ1n) is 11.0. The number of carbonyl (C=O) groups is 1. The molecule has 0 saturated carbocycles. The second-order valence-electron chi connectivity index (χ2n) is 9.48. The second kappa shape index (κ2) is 8.26. The maximum Gasteiger partial charge on any atom is 0.324 e. The molecule has 2 heterocycles. The summed E-state index contributed by atoms with van der Waals surface area (Å²) in [5.74, 6) is 0.753.